The minimum absolute atomic E-state index is 0.0163. The Hall–Kier alpha value is -2.59. The first-order valence-electron chi connectivity index (χ1n) is 6.84. The van der Waals surface area contributed by atoms with Gasteiger partial charge in [-0.1, -0.05) is 18.2 Å². The topological polar surface area (TPSA) is 68.7 Å². The molecule has 1 aromatic carbocycles. The molecule has 0 saturated heterocycles. The molecule has 0 saturated carbocycles. The van der Waals surface area contributed by atoms with Crippen molar-refractivity contribution in [3.8, 4) is 5.69 Å². The van der Waals surface area contributed by atoms with Crippen molar-refractivity contribution in [1.82, 2.24) is 15.1 Å². The maximum atomic E-state index is 11.2. The number of tetrazole rings is 1. The molecule has 0 spiro atoms. The van der Waals surface area contributed by atoms with E-state index in [0.717, 1.165) is 5.69 Å². The third-order valence-corrected chi connectivity index (χ3v) is 2.47. The molecule has 6 nitrogen and oxygen atoms in total. The van der Waals surface area contributed by atoms with Crippen LogP contribution in [0.15, 0.2) is 30.3 Å². The van der Waals surface area contributed by atoms with E-state index in [1.54, 1.807) is 0 Å². The molecule has 2 aromatic rings. The number of carbonyl (C=O) groups is 2. The summed E-state index contributed by atoms with van der Waals surface area (Å²) in [4.78, 5) is 23.9. The van der Waals surface area contributed by atoms with Crippen molar-refractivity contribution in [3.63, 3.8) is 0 Å². The summed E-state index contributed by atoms with van der Waals surface area (Å²) in [6, 6.07) is 9.36. The lowest BCUT2D eigenvalue weighted by Crippen LogP contribution is -2.43. The maximum Gasteiger partial charge on any atom is 0.673 e. The molecule has 0 fully saturated rings. The summed E-state index contributed by atoms with van der Waals surface area (Å²) in [7, 11) is -6.00. The lowest BCUT2D eigenvalue weighted by Gasteiger charge is -1.94. The molecule has 0 bridgehead atoms. The third-order valence-electron chi connectivity index (χ3n) is 2.47. The molecule has 0 unspecified atom stereocenters. The van der Waals surface area contributed by atoms with Gasteiger partial charge in [0, 0.05) is 4.80 Å². The molecule has 0 atom stereocenters. The molecule has 1 heterocycles. The van der Waals surface area contributed by atoms with Crippen LogP contribution >= 0.6 is 0 Å². The third kappa shape index (κ3) is 7.61. The van der Waals surface area contributed by atoms with Crippen molar-refractivity contribution in [2.45, 2.75) is 26.8 Å². The first-order valence-corrected chi connectivity index (χ1v) is 6.84. The predicted molar refractivity (Wildman–Crippen MR) is 76.8 cm³/mol. The van der Waals surface area contributed by atoms with E-state index in [4.69, 9.17) is 0 Å². The molecule has 0 aliphatic heterocycles. The van der Waals surface area contributed by atoms with Crippen LogP contribution in [0.5, 0.6) is 0 Å². The molecular weight excluding hydrogens is 331 g/mol. The van der Waals surface area contributed by atoms with Gasteiger partial charge in [-0.2, -0.15) is 0 Å². The second-order valence-corrected chi connectivity index (χ2v) is 4.86. The van der Waals surface area contributed by atoms with Gasteiger partial charge in [0.1, 0.15) is 12.2 Å². The summed E-state index contributed by atoms with van der Waals surface area (Å²) in [6.45, 7) is 3.08. The Morgan fingerprint density at radius 2 is 1.62 bits per heavy atom. The number of para-hydroxylation sites is 1. The fourth-order valence-corrected chi connectivity index (χ4v) is 1.69. The standard InChI is InChI=1S/C13H15N4O2.BF4/c1-10(18)8-13-14-17(12-6-4-3-5-7-12)15-16(13)9-11(2)19;2-1(3,4)5/h3-7H,8-9H2,1-2H3;/q+1;-1. The maximum absolute atomic E-state index is 11.2. The highest BCUT2D eigenvalue weighted by molar-refractivity contribution is 6.50. The minimum Gasteiger partial charge on any atom is -0.418 e. The highest BCUT2D eigenvalue weighted by Crippen LogP contribution is 2.06. The molecule has 11 heteroatoms. The first kappa shape index (κ1) is 19.5. The van der Waals surface area contributed by atoms with Gasteiger partial charge >= 0.3 is 13.1 Å². The van der Waals surface area contributed by atoms with E-state index in [1.165, 1.54) is 23.3 Å². The molecule has 1 aromatic heterocycles. The fraction of sp³-hybridized carbons (Fsp3) is 0.308. The Morgan fingerprint density at radius 1 is 1.08 bits per heavy atom. The quantitative estimate of drug-likeness (QED) is 0.468. The number of halogens is 4. The zero-order valence-electron chi connectivity index (χ0n) is 13.0. The van der Waals surface area contributed by atoms with Gasteiger partial charge < -0.3 is 17.3 Å². The molecular formula is C13H15BF4N4O2. The van der Waals surface area contributed by atoms with Gasteiger partial charge in [0.05, 0.1) is 10.3 Å². The van der Waals surface area contributed by atoms with Crippen LogP contribution in [0.4, 0.5) is 17.3 Å². The zero-order chi connectivity index (χ0) is 18.3. The number of hydrogen-bond donors (Lipinski definition) is 0. The molecule has 0 amide bonds. The number of carbonyl (C=O) groups excluding carboxylic acids is 2. The minimum atomic E-state index is -6.00. The van der Waals surface area contributed by atoms with Crippen molar-refractivity contribution in [1.29, 1.82) is 0 Å². The monoisotopic (exact) mass is 346 g/mol. The summed E-state index contributed by atoms with van der Waals surface area (Å²) in [5.41, 5.74) is 0.787. The van der Waals surface area contributed by atoms with E-state index in [0.29, 0.717) is 5.82 Å². The highest BCUT2D eigenvalue weighted by atomic mass is 19.5. The van der Waals surface area contributed by atoms with Crippen LogP contribution < -0.4 is 4.68 Å². The van der Waals surface area contributed by atoms with E-state index in [9.17, 15) is 26.9 Å². The average Bonchev–Trinajstić information content (AvgIpc) is 2.79. The van der Waals surface area contributed by atoms with Gasteiger partial charge in [-0.3, -0.25) is 9.59 Å². The van der Waals surface area contributed by atoms with Gasteiger partial charge in [-0.25, -0.2) is 0 Å². The van der Waals surface area contributed by atoms with E-state index in [2.05, 4.69) is 10.3 Å². The molecule has 130 valence electrons. The van der Waals surface area contributed by atoms with Crippen molar-refractivity contribution >= 4 is 18.8 Å². The number of hydrogen-bond acceptors (Lipinski definition) is 4. The van der Waals surface area contributed by atoms with E-state index in [1.807, 2.05) is 30.3 Å². The van der Waals surface area contributed by atoms with E-state index >= 15 is 0 Å². The Morgan fingerprint density at radius 3 is 2.08 bits per heavy atom. The van der Waals surface area contributed by atoms with Gasteiger partial charge in [-0.05, 0) is 26.0 Å². The lowest BCUT2D eigenvalue weighted by atomic mass is 10.3. The van der Waals surface area contributed by atoms with Gasteiger partial charge in [0.15, 0.2) is 18.0 Å². The van der Waals surface area contributed by atoms with Crippen LogP contribution in [-0.4, -0.2) is 33.9 Å². The molecule has 2 rings (SSSR count). The Bertz CT molecular complexity index is 664. The van der Waals surface area contributed by atoms with Crippen molar-refractivity contribution < 1.29 is 31.5 Å². The van der Waals surface area contributed by atoms with Crippen LogP contribution in [0, 0.1) is 0 Å². The summed E-state index contributed by atoms with van der Waals surface area (Å²) in [5, 5.41) is 8.49. The number of nitrogens with zero attached hydrogens (tertiary/aromatic N) is 4. The Kier molecular flexibility index (Phi) is 6.75. The van der Waals surface area contributed by atoms with E-state index in [-0.39, 0.29) is 24.5 Å². The molecule has 0 N–H and O–H groups in total. The zero-order valence-corrected chi connectivity index (χ0v) is 13.0. The second-order valence-electron chi connectivity index (χ2n) is 4.86. The van der Waals surface area contributed by atoms with Crippen molar-refractivity contribution in [2.24, 2.45) is 0 Å². The number of rotatable bonds is 5. The number of benzene rings is 1. The van der Waals surface area contributed by atoms with Gasteiger partial charge in [0.2, 0.25) is 0 Å². The Labute approximate surface area is 135 Å². The molecule has 0 aliphatic rings. The fourth-order valence-electron chi connectivity index (χ4n) is 1.69. The number of aromatic nitrogens is 4. The average molecular weight is 346 g/mol. The van der Waals surface area contributed by atoms with Crippen LogP contribution in [0.1, 0.15) is 19.7 Å². The summed E-state index contributed by atoms with van der Waals surface area (Å²) in [5.74, 6) is 0.443. The van der Waals surface area contributed by atoms with Crippen LogP contribution in [0.2, 0.25) is 0 Å². The molecule has 24 heavy (non-hydrogen) atoms. The smallest absolute Gasteiger partial charge is 0.418 e. The Balaban J connectivity index is 0.000000505. The summed E-state index contributed by atoms with van der Waals surface area (Å²) in [6.07, 6.45) is 0.167. The highest BCUT2D eigenvalue weighted by Gasteiger charge is 2.22. The molecule has 0 radical (unpaired) electrons. The van der Waals surface area contributed by atoms with E-state index < -0.39 is 7.25 Å². The van der Waals surface area contributed by atoms with Crippen LogP contribution in [0.25, 0.3) is 5.69 Å². The predicted octanol–water partition coefficient (Wildman–Crippen LogP) is 1.58. The first-order chi connectivity index (χ1) is 11.1. The second kappa shape index (κ2) is 8.32. The number of Topliss-reactive ketones (excluding diaryl/α,β-unsaturated/α-hetero) is 2. The van der Waals surface area contributed by atoms with Crippen LogP contribution in [-0.2, 0) is 22.6 Å². The lowest BCUT2D eigenvalue weighted by molar-refractivity contribution is -0.749. The molecule has 0 aliphatic carbocycles. The summed E-state index contributed by atoms with van der Waals surface area (Å²) >= 11 is 0. The number of ketones is 2. The van der Waals surface area contributed by atoms with Gasteiger partial charge in [0.25, 0.3) is 0 Å². The summed E-state index contributed by atoms with van der Waals surface area (Å²) < 4.78 is 40.5. The van der Waals surface area contributed by atoms with Crippen molar-refractivity contribution in [3.05, 3.63) is 36.2 Å². The van der Waals surface area contributed by atoms with Gasteiger partial charge in [-0.15, -0.1) is 4.68 Å². The largest absolute Gasteiger partial charge is 0.673 e. The normalized spacial score (nSPS) is 10.8. The van der Waals surface area contributed by atoms with Crippen LogP contribution in [0.3, 0.4) is 0 Å². The SMILES string of the molecule is CC(=O)Cc1nn(-c2ccccc2)n[n+]1CC(C)=O.F[B-](F)(F)F. The van der Waals surface area contributed by atoms with Crippen molar-refractivity contribution in [2.75, 3.05) is 0 Å².